The van der Waals surface area contributed by atoms with Crippen molar-refractivity contribution in [2.45, 2.75) is 19.9 Å². The number of rotatable bonds is 7. The normalized spacial score (nSPS) is 11.6. The standard InChI is InChI=1S/C23H21F3N4O5/c1-11(2)20(22(32)34-3)29-21(31)19-10-18(30-35-19)14-6-5-13(9-15(14)25)27-23(33)28-17-7-4-12(24)8-16(17)26/h4-11,20H,1-3H3,(H,29,31)(H2,27,28,33)/t20-/m0/s1. The van der Waals surface area contributed by atoms with Crippen LogP contribution in [0.1, 0.15) is 24.4 Å². The van der Waals surface area contributed by atoms with Gasteiger partial charge in [0.2, 0.25) is 5.76 Å². The summed E-state index contributed by atoms with van der Waals surface area (Å²) >= 11 is 0. The summed E-state index contributed by atoms with van der Waals surface area (Å²) in [6.45, 7) is 3.43. The number of esters is 1. The summed E-state index contributed by atoms with van der Waals surface area (Å²) in [5.74, 6) is -4.46. The molecule has 1 aromatic heterocycles. The van der Waals surface area contributed by atoms with Crippen molar-refractivity contribution < 1.29 is 36.8 Å². The van der Waals surface area contributed by atoms with E-state index in [1.165, 1.54) is 25.3 Å². The number of halogens is 3. The molecule has 184 valence electrons. The topological polar surface area (TPSA) is 123 Å². The van der Waals surface area contributed by atoms with Gasteiger partial charge in [-0.15, -0.1) is 0 Å². The highest BCUT2D eigenvalue weighted by Gasteiger charge is 2.27. The summed E-state index contributed by atoms with van der Waals surface area (Å²) < 4.78 is 51.0. The Morgan fingerprint density at radius 2 is 1.71 bits per heavy atom. The lowest BCUT2D eigenvalue weighted by Gasteiger charge is -2.18. The van der Waals surface area contributed by atoms with Crippen LogP contribution in [0.5, 0.6) is 0 Å². The van der Waals surface area contributed by atoms with Crippen LogP contribution in [-0.4, -0.2) is 36.2 Å². The van der Waals surface area contributed by atoms with E-state index >= 15 is 0 Å². The monoisotopic (exact) mass is 490 g/mol. The minimum atomic E-state index is -0.973. The summed E-state index contributed by atoms with van der Waals surface area (Å²) in [6, 6.07) is 5.63. The van der Waals surface area contributed by atoms with Gasteiger partial charge in [0, 0.05) is 23.4 Å². The number of anilines is 2. The molecule has 3 aromatic rings. The number of hydrogen-bond acceptors (Lipinski definition) is 6. The van der Waals surface area contributed by atoms with Gasteiger partial charge in [-0.2, -0.15) is 0 Å². The third-order valence-corrected chi connectivity index (χ3v) is 4.82. The summed E-state index contributed by atoms with van der Waals surface area (Å²) in [5.41, 5.74) is -0.264. The van der Waals surface area contributed by atoms with Crippen molar-refractivity contribution in [1.82, 2.24) is 10.5 Å². The van der Waals surface area contributed by atoms with Crippen LogP contribution in [0.2, 0.25) is 0 Å². The van der Waals surface area contributed by atoms with E-state index in [1.54, 1.807) is 13.8 Å². The molecule has 0 aliphatic heterocycles. The molecule has 0 spiro atoms. The molecule has 1 heterocycles. The third kappa shape index (κ3) is 6.16. The van der Waals surface area contributed by atoms with E-state index in [1.807, 2.05) is 0 Å². The van der Waals surface area contributed by atoms with Crippen molar-refractivity contribution in [1.29, 1.82) is 0 Å². The van der Waals surface area contributed by atoms with Gasteiger partial charge in [-0.3, -0.25) is 4.79 Å². The lowest BCUT2D eigenvalue weighted by Crippen LogP contribution is -2.44. The largest absolute Gasteiger partial charge is 0.467 e. The first kappa shape index (κ1) is 25.3. The maximum atomic E-state index is 14.7. The van der Waals surface area contributed by atoms with E-state index in [2.05, 4.69) is 25.8 Å². The molecule has 0 aliphatic rings. The number of nitrogens with one attached hydrogen (secondary N) is 3. The maximum absolute atomic E-state index is 14.7. The minimum absolute atomic E-state index is 0.00352. The van der Waals surface area contributed by atoms with Crippen molar-refractivity contribution in [2.24, 2.45) is 5.92 Å². The minimum Gasteiger partial charge on any atom is -0.467 e. The quantitative estimate of drug-likeness (QED) is 0.424. The second-order valence-corrected chi connectivity index (χ2v) is 7.69. The Bertz CT molecular complexity index is 1260. The predicted molar refractivity (Wildman–Crippen MR) is 119 cm³/mol. The number of hydrogen-bond donors (Lipinski definition) is 3. The average Bonchev–Trinajstić information content (AvgIpc) is 3.28. The van der Waals surface area contributed by atoms with Crippen LogP contribution in [0.15, 0.2) is 47.0 Å². The van der Waals surface area contributed by atoms with E-state index < -0.39 is 41.4 Å². The summed E-state index contributed by atoms with van der Waals surface area (Å²) in [7, 11) is 1.20. The van der Waals surface area contributed by atoms with Crippen molar-refractivity contribution in [3.8, 4) is 11.3 Å². The van der Waals surface area contributed by atoms with Crippen molar-refractivity contribution in [3.05, 3.63) is 65.7 Å². The fourth-order valence-corrected chi connectivity index (χ4v) is 3.02. The lowest BCUT2D eigenvalue weighted by atomic mass is 10.0. The zero-order chi connectivity index (χ0) is 25.7. The van der Waals surface area contributed by atoms with E-state index in [0.29, 0.717) is 6.07 Å². The molecule has 1 atom stereocenters. The second-order valence-electron chi connectivity index (χ2n) is 7.69. The summed E-state index contributed by atoms with van der Waals surface area (Å²) in [4.78, 5) is 36.3. The first-order chi connectivity index (χ1) is 16.6. The van der Waals surface area contributed by atoms with Crippen LogP contribution in [0.25, 0.3) is 11.3 Å². The summed E-state index contributed by atoms with van der Waals surface area (Å²) in [5, 5.41) is 10.7. The number of ether oxygens (including phenoxy) is 1. The highest BCUT2D eigenvalue weighted by atomic mass is 19.1. The van der Waals surface area contributed by atoms with Gasteiger partial charge in [0.15, 0.2) is 0 Å². The molecule has 0 aliphatic carbocycles. The smallest absolute Gasteiger partial charge is 0.328 e. The highest BCUT2D eigenvalue weighted by molar-refractivity contribution is 6.00. The molecule has 9 nitrogen and oxygen atoms in total. The van der Waals surface area contributed by atoms with E-state index in [-0.39, 0.29) is 34.3 Å². The Balaban J connectivity index is 1.69. The van der Waals surface area contributed by atoms with E-state index in [0.717, 1.165) is 18.2 Å². The van der Waals surface area contributed by atoms with Crippen LogP contribution < -0.4 is 16.0 Å². The molecule has 0 bridgehead atoms. The Labute approximate surface area is 197 Å². The van der Waals surface area contributed by atoms with Crippen LogP contribution in [-0.2, 0) is 9.53 Å². The van der Waals surface area contributed by atoms with Crippen molar-refractivity contribution in [3.63, 3.8) is 0 Å². The van der Waals surface area contributed by atoms with Gasteiger partial charge in [0.1, 0.15) is 29.2 Å². The SMILES string of the molecule is COC(=O)[C@@H](NC(=O)c1cc(-c2ccc(NC(=O)Nc3ccc(F)cc3F)cc2F)no1)C(C)C. The van der Waals surface area contributed by atoms with Crippen molar-refractivity contribution >= 4 is 29.3 Å². The van der Waals surface area contributed by atoms with Crippen LogP contribution in [0, 0.1) is 23.4 Å². The maximum Gasteiger partial charge on any atom is 0.328 e. The zero-order valence-electron chi connectivity index (χ0n) is 18.8. The van der Waals surface area contributed by atoms with Gasteiger partial charge in [0.05, 0.1) is 12.8 Å². The number of carbonyl (C=O) groups excluding carboxylic acids is 3. The van der Waals surface area contributed by atoms with Gasteiger partial charge < -0.3 is 25.2 Å². The molecule has 12 heteroatoms. The van der Waals surface area contributed by atoms with Crippen LogP contribution >= 0.6 is 0 Å². The zero-order valence-corrected chi connectivity index (χ0v) is 18.8. The molecule has 35 heavy (non-hydrogen) atoms. The molecule has 0 unspecified atom stereocenters. The molecular weight excluding hydrogens is 469 g/mol. The predicted octanol–water partition coefficient (Wildman–Crippen LogP) is 4.33. The molecule has 3 rings (SSSR count). The Morgan fingerprint density at radius 3 is 2.34 bits per heavy atom. The van der Waals surface area contributed by atoms with Crippen molar-refractivity contribution in [2.75, 3.05) is 17.7 Å². The Kier molecular flexibility index (Phi) is 7.74. The number of methoxy groups -OCH3 is 1. The molecule has 3 amide bonds. The van der Waals surface area contributed by atoms with Gasteiger partial charge in [-0.05, 0) is 36.2 Å². The van der Waals surface area contributed by atoms with Gasteiger partial charge >= 0.3 is 12.0 Å². The van der Waals surface area contributed by atoms with Crippen LogP contribution in [0.4, 0.5) is 29.3 Å². The molecule has 3 N–H and O–H groups in total. The molecule has 0 saturated carbocycles. The highest BCUT2D eigenvalue weighted by Crippen LogP contribution is 2.25. The van der Waals surface area contributed by atoms with Gasteiger partial charge in [0.25, 0.3) is 5.91 Å². The van der Waals surface area contributed by atoms with E-state index in [9.17, 15) is 27.6 Å². The molecule has 0 saturated heterocycles. The Hall–Kier alpha value is -4.35. The third-order valence-electron chi connectivity index (χ3n) is 4.82. The fraction of sp³-hybridized carbons (Fsp3) is 0.217. The number of aromatic nitrogens is 1. The van der Waals surface area contributed by atoms with Gasteiger partial charge in [-0.1, -0.05) is 19.0 Å². The van der Waals surface area contributed by atoms with Crippen LogP contribution in [0.3, 0.4) is 0 Å². The average molecular weight is 490 g/mol. The lowest BCUT2D eigenvalue weighted by molar-refractivity contribution is -0.144. The Morgan fingerprint density at radius 1 is 0.971 bits per heavy atom. The number of carbonyl (C=O) groups is 3. The van der Waals surface area contributed by atoms with Gasteiger partial charge in [-0.25, -0.2) is 22.8 Å². The number of benzene rings is 2. The number of amides is 3. The molecular formula is C23H21F3N4O5. The number of urea groups is 1. The van der Waals surface area contributed by atoms with E-state index in [4.69, 9.17) is 4.52 Å². The molecule has 0 radical (unpaired) electrons. The number of nitrogens with zero attached hydrogens (tertiary/aromatic N) is 1. The second kappa shape index (κ2) is 10.7. The first-order valence-electron chi connectivity index (χ1n) is 10.3. The molecule has 0 fully saturated rings. The molecule has 2 aromatic carbocycles. The fourth-order valence-electron chi connectivity index (χ4n) is 3.02. The summed E-state index contributed by atoms with van der Waals surface area (Å²) in [6.07, 6.45) is 0. The first-order valence-corrected chi connectivity index (χ1v) is 10.3.